The molecular formula is C32H33N5O4. The van der Waals surface area contributed by atoms with E-state index in [2.05, 4.69) is 15.4 Å². The normalized spacial score (nSPS) is 20.4. The van der Waals surface area contributed by atoms with Crippen molar-refractivity contribution in [1.29, 1.82) is 0 Å². The lowest BCUT2D eigenvalue weighted by Crippen LogP contribution is -2.38. The minimum absolute atomic E-state index is 0.333. The fourth-order valence-corrected chi connectivity index (χ4v) is 5.14. The van der Waals surface area contributed by atoms with E-state index in [1.54, 1.807) is 0 Å². The molecule has 3 aromatic carbocycles. The summed E-state index contributed by atoms with van der Waals surface area (Å²) in [6, 6.07) is 32.2. The number of ether oxygens (including phenoxy) is 4. The Morgan fingerprint density at radius 2 is 1.32 bits per heavy atom. The van der Waals surface area contributed by atoms with Gasteiger partial charge < -0.3 is 28.9 Å². The first-order valence-electron chi connectivity index (χ1n) is 13.7. The van der Waals surface area contributed by atoms with Crippen molar-refractivity contribution < 1.29 is 18.9 Å². The lowest BCUT2D eigenvalue weighted by molar-refractivity contribution is -0.0913. The van der Waals surface area contributed by atoms with Gasteiger partial charge in [0.25, 0.3) is 0 Å². The van der Waals surface area contributed by atoms with Gasteiger partial charge in [-0.25, -0.2) is 15.8 Å². The summed E-state index contributed by atoms with van der Waals surface area (Å²) < 4.78 is 28.0. The Balaban J connectivity index is 1.30. The van der Waals surface area contributed by atoms with Gasteiger partial charge in [-0.05, 0) is 22.8 Å². The summed E-state index contributed by atoms with van der Waals surface area (Å²) in [4.78, 5) is 8.79. The van der Waals surface area contributed by atoms with Gasteiger partial charge in [0, 0.05) is 6.20 Å². The number of hydrogen-bond donors (Lipinski definition) is 2. The largest absolute Gasteiger partial charge is 0.374 e. The predicted octanol–water partition coefficient (Wildman–Crippen LogP) is 5.00. The Labute approximate surface area is 238 Å². The van der Waals surface area contributed by atoms with Gasteiger partial charge in [-0.15, -0.1) is 0 Å². The number of nitrogen functional groups attached to an aromatic ring is 1. The number of nitrogens with one attached hydrogen (secondary N) is 1. The van der Waals surface area contributed by atoms with Crippen LogP contribution in [0.25, 0.3) is 11.0 Å². The summed E-state index contributed by atoms with van der Waals surface area (Å²) in [5.41, 5.74) is 6.55. The highest BCUT2D eigenvalue weighted by Gasteiger charge is 2.48. The van der Waals surface area contributed by atoms with Crippen molar-refractivity contribution in [2.45, 2.75) is 44.4 Å². The average molecular weight is 552 g/mol. The van der Waals surface area contributed by atoms with Crippen LogP contribution in [-0.4, -0.2) is 39.5 Å². The number of nitrogens with two attached hydrogens (primary N) is 1. The van der Waals surface area contributed by atoms with E-state index >= 15 is 0 Å². The molecule has 9 heteroatoms. The van der Waals surface area contributed by atoms with Crippen LogP contribution in [0.3, 0.4) is 0 Å². The molecule has 3 heterocycles. The van der Waals surface area contributed by atoms with Gasteiger partial charge in [-0.1, -0.05) is 91.0 Å². The molecule has 3 N–H and O–H groups in total. The molecule has 210 valence electrons. The van der Waals surface area contributed by atoms with Crippen LogP contribution < -0.4 is 11.3 Å². The van der Waals surface area contributed by atoms with Gasteiger partial charge in [0.05, 0.1) is 31.8 Å². The molecule has 1 aliphatic heterocycles. The molecule has 0 amide bonds. The smallest absolute Gasteiger partial charge is 0.164 e. The number of hydrazine groups is 1. The Hall–Kier alpha value is -4.12. The van der Waals surface area contributed by atoms with E-state index in [1.807, 2.05) is 108 Å². The first-order chi connectivity index (χ1) is 20.3. The molecule has 41 heavy (non-hydrogen) atoms. The van der Waals surface area contributed by atoms with Gasteiger partial charge in [-0.2, -0.15) is 0 Å². The molecule has 0 saturated carbocycles. The molecule has 0 radical (unpaired) electrons. The monoisotopic (exact) mass is 551 g/mol. The second kappa shape index (κ2) is 13.0. The lowest BCUT2D eigenvalue weighted by atomic mass is 10.1. The molecule has 0 spiro atoms. The molecule has 1 fully saturated rings. The summed E-state index contributed by atoms with van der Waals surface area (Å²) in [5.74, 6) is 6.25. The Bertz CT molecular complexity index is 1520. The summed E-state index contributed by atoms with van der Waals surface area (Å²) in [5, 5.41) is 0.783. The van der Waals surface area contributed by atoms with Crippen LogP contribution in [0.5, 0.6) is 0 Å². The quantitative estimate of drug-likeness (QED) is 0.165. The molecule has 4 atom stereocenters. The Kier molecular flexibility index (Phi) is 8.60. The van der Waals surface area contributed by atoms with E-state index in [9.17, 15) is 0 Å². The highest BCUT2D eigenvalue weighted by atomic mass is 16.6. The van der Waals surface area contributed by atoms with Crippen molar-refractivity contribution in [2.24, 2.45) is 5.84 Å². The zero-order chi connectivity index (χ0) is 27.9. The first kappa shape index (κ1) is 27.1. The number of nitrogens with zero attached hydrogens (tertiary/aromatic N) is 3. The lowest BCUT2D eigenvalue weighted by Gasteiger charge is -2.26. The molecule has 1 saturated heterocycles. The van der Waals surface area contributed by atoms with E-state index in [0.29, 0.717) is 37.9 Å². The summed E-state index contributed by atoms with van der Waals surface area (Å²) >= 11 is 0. The molecule has 0 unspecified atom stereocenters. The maximum Gasteiger partial charge on any atom is 0.164 e. The number of benzene rings is 3. The standard InChI is InChI=1S/C32H33N5O4/c33-36-30-26-16-17-37(31(26)35-22-34-30)32-29(40-20-25-14-8-3-9-15-25)28(39-19-24-12-6-2-7-13-24)27(41-32)21-38-18-23-10-4-1-5-11-23/h1-17,22,27-29,32H,18-21,33H2,(H,34,35,36)/t27-,28-,29+,32-/m1/s1. The van der Waals surface area contributed by atoms with E-state index in [1.165, 1.54) is 6.33 Å². The van der Waals surface area contributed by atoms with E-state index < -0.39 is 18.4 Å². The number of anilines is 1. The molecule has 1 aliphatic rings. The Morgan fingerprint density at radius 1 is 0.732 bits per heavy atom. The molecule has 6 rings (SSSR count). The number of rotatable bonds is 12. The summed E-state index contributed by atoms with van der Waals surface area (Å²) in [6.07, 6.45) is 1.62. The second-order valence-corrected chi connectivity index (χ2v) is 9.92. The van der Waals surface area contributed by atoms with Gasteiger partial charge in [0.1, 0.15) is 30.3 Å². The van der Waals surface area contributed by atoms with Crippen LogP contribution in [0.15, 0.2) is 110 Å². The molecule has 9 nitrogen and oxygen atoms in total. The molecule has 0 aliphatic carbocycles. The predicted molar refractivity (Wildman–Crippen MR) is 155 cm³/mol. The van der Waals surface area contributed by atoms with Crippen LogP contribution in [0.1, 0.15) is 22.9 Å². The van der Waals surface area contributed by atoms with E-state index in [0.717, 1.165) is 22.1 Å². The van der Waals surface area contributed by atoms with Crippen molar-refractivity contribution in [3.8, 4) is 0 Å². The SMILES string of the molecule is NNc1ncnc2c1ccn2[C@@H]1O[C@H](COCc2ccccc2)[C@@H](OCc2ccccc2)[C@@H]1OCc1ccccc1. The number of fused-ring (bicyclic) bond motifs is 1. The van der Waals surface area contributed by atoms with E-state index in [-0.39, 0.29) is 6.10 Å². The van der Waals surface area contributed by atoms with Gasteiger partial charge in [-0.3, -0.25) is 0 Å². The highest BCUT2D eigenvalue weighted by Crippen LogP contribution is 2.37. The zero-order valence-electron chi connectivity index (χ0n) is 22.6. The Morgan fingerprint density at radius 3 is 1.93 bits per heavy atom. The maximum atomic E-state index is 6.70. The second-order valence-electron chi connectivity index (χ2n) is 9.92. The fraction of sp³-hybridized carbons (Fsp3) is 0.250. The van der Waals surface area contributed by atoms with Crippen LogP contribution >= 0.6 is 0 Å². The molecule has 5 aromatic rings. The average Bonchev–Trinajstić information content (AvgIpc) is 3.61. The van der Waals surface area contributed by atoms with Gasteiger partial charge in [0.2, 0.25) is 0 Å². The summed E-state index contributed by atoms with van der Waals surface area (Å²) in [7, 11) is 0. The third-order valence-corrected chi connectivity index (χ3v) is 7.17. The minimum atomic E-state index is -0.525. The maximum absolute atomic E-state index is 6.70. The van der Waals surface area contributed by atoms with Crippen molar-refractivity contribution in [3.05, 3.63) is 126 Å². The topological polar surface area (TPSA) is 106 Å². The van der Waals surface area contributed by atoms with Gasteiger partial charge >= 0.3 is 0 Å². The van der Waals surface area contributed by atoms with Crippen LogP contribution in [-0.2, 0) is 38.8 Å². The zero-order valence-corrected chi connectivity index (χ0v) is 22.6. The molecule has 0 bridgehead atoms. The molecule has 2 aromatic heterocycles. The number of aromatic nitrogens is 3. The minimum Gasteiger partial charge on any atom is -0.374 e. The van der Waals surface area contributed by atoms with Crippen LogP contribution in [0.4, 0.5) is 5.82 Å². The van der Waals surface area contributed by atoms with Crippen molar-refractivity contribution in [3.63, 3.8) is 0 Å². The highest BCUT2D eigenvalue weighted by molar-refractivity contribution is 5.87. The van der Waals surface area contributed by atoms with Gasteiger partial charge in [0.15, 0.2) is 12.0 Å². The van der Waals surface area contributed by atoms with Crippen LogP contribution in [0.2, 0.25) is 0 Å². The van der Waals surface area contributed by atoms with Crippen LogP contribution in [0, 0.1) is 0 Å². The molecular weight excluding hydrogens is 518 g/mol. The van der Waals surface area contributed by atoms with E-state index in [4.69, 9.17) is 24.8 Å². The van der Waals surface area contributed by atoms with Crippen molar-refractivity contribution >= 4 is 16.9 Å². The summed E-state index contributed by atoms with van der Waals surface area (Å²) in [6.45, 7) is 1.62. The van der Waals surface area contributed by atoms with Crippen molar-refractivity contribution in [2.75, 3.05) is 12.0 Å². The fourth-order valence-electron chi connectivity index (χ4n) is 5.14. The number of hydrogen-bond acceptors (Lipinski definition) is 8. The third-order valence-electron chi connectivity index (χ3n) is 7.17. The third kappa shape index (κ3) is 6.30. The first-order valence-corrected chi connectivity index (χ1v) is 13.7. The van der Waals surface area contributed by atoms with Crippen molar-refractivity contribution in [1.82, 2.24) is 14.5 Å².